The molecule has 0 bridgehead atoms. The van der Waals surface area contributed by atoms with E-state index in [0.29, 0.717) is 0 Å². The number of hydrogen-bond acceptors (Lipinski definition) is 1. The molecule has 84 valence electrons. The molecule has 2 heteroatoms. The predicted octanol–water partition coefficient (Wildman–Crippen LogP) is 2.94. The Morgan fingerprint density at radius 3 is 2.73 bits per heavy atom. The summed E-state index contributed by atoms with van der Waals surface area (Å²) in [5, 5.41) is 0. The Morgan fingerprint density at radius 2 is 2.07 bits per heavy atom. The first-order valence-corrected chi connectivity index (χ1v) is 8.35. The zero-order chi connectivity index (χ0) is 11.1. The van der Waals surface area contributed by atoms with Gasteiger partial charge in [0.2, 0.25) is 0 Å². The molecule has 0 saturated heterocycles. The van der Waals surface area contributed by atoms with Crippen LogP contribution in [0.15, 0.2) is 24.3 Å². The molecule has 0 N–H and O–H groups in total. The Hall–Kier alpha value is -0.0304. The van der Waals surface area contributed by atoms with Crippen LogP contribution >= 0.6 is 0 Å². The molecule has 0 heterocycles. The quantitative estimate of drug-likeness (QED) is 0.578. The maximum absolute atomic E-state index is 5.40. The van der Waals surface area contributed by atoms with Crippen molar-refractivity contribution in [1.82, 2.24) is 0 Å². The molecule has 1 rings (SSSR count). The minimum absolute atomic E-state index is 0.00269. The van der Waals surface area contributed by atoms with E-state index >= 15 is 0 Å². The van der Waals surface area contributed by atoms with Gasteiger partial charge in [-0.1, -0.05) is 0 Å². The van der Waals surface area contributed by atoms with Crippen LogP contribution in [0.4, 0.5) is 0 Å². The summed E-state index contributed by atoms with van der Waals surface area (Å²) in [7, 11) is 1.79. The molecule has 0 fully saturated rings. The fourth-order valence-electron chi connectivity index (χ4n) is 1.40. The zero-order valence-electron chi connectivity index (χ0n) is 9.82. The third kappa shape index (κ3) is 4.15. The van der Waals surface area contributed by atoms with Crippen LogP contribution in [0, 0.1) is 0 Å². The molecule has 0 unspecified atom stereocenters. The summed E-state index contributed by atoms with van der Waals surface area (Å²) < 4.78 is 8.39. The maximum atomic E-state index is 5.40. The molecule has 0 aromatic heterocycles. The Morgan fingerprint density at radius 1 is 1.33 bits per heavy atom. The molecule has 0 saturated carbocycles. The van der Waals surface area contributed by atoms with E-state index in [1.54, 1.807) is 10.7 Å². The van der Waals surface area contributed by atoms with Crippen LogP contribution in [0.1, 0.15) is 38.4 Å². The van der Waals surface area contributed by atoms with Crippen LogP contribution in [0.5, 0.6) is 0 Å². The van der Waals surface area contributed by atoms with Crippen LogP contribution in [-0.4, -0.2) is 28.0 Å². The first-order valence-electron chi connectivity index (χ1n) is 5.54. The van der Waals surface area contributed by atoms with E-state index in [1.165, 1.54) is 22.9 Å². The number of hydrogen-bond donors (Lipinski definition) is 0. The van der Waals surface area contributed by atoms with E-state index in [-0.39, 0.29) is 27.0 Å². The van der Waals surface area contributed by atoms with Gasteiger partial charge in [0.25, 0.3) is 0 Å². The topological polar surface area (TPSA) is 9.23 Å². The van der Waals surface area contributed by atoms with Crippen molar-refractivity contribution < 1.29 is 4.74 Å². The summed E-state index contributed by atoms with van der Waals surface area (Å²) in [6.07, 6.45) is 2.93. The molecule has 1 aromatic carbocycles. The van der Waals surface area contributed by atoms with Crippen LogP contribution in [0.25, 0.3) is 0 Å². The van der Waals surface area contributed by atoms with Crippen molar-refractivity contribution in [3.05, 3.63) is 29.8 Å². The fraction of sp³-hybridized carbons (Fsp3) is 0.538. The molecule has 0 aliphatic heterocycles. The van der Waals surface area contributed by atoms with Gasteiger partial charge in [-0.05, 0) is 0 Å². The average molecular weight is 320 g/mol. The summed E-state index contributed by atoms with van der Waals surface area (Å²) in [4.78, 5) is 0. The van der Waals surface area contributed by atoms with Crippen LogP contribution < -0.4 is 3.61 Å². The van der Waals surface area contributed by atoms with E-state index in [1.807, 2.05) is 0 Å². The van der Waals surface area contributed by atoms with E-state index < -0.39 is 0 Å². The SMILES string of the molecule is CCCC[Te]c1ccccc1[C@@H](C)OC. The van der Waals surface area contributed by atoms with E-state index in [4.69, 9.17) is 4.74 Å². The molecular formula is C13H20OTe. The predicted molar refractivity (Wildman–Crippen MR) is 67.0 cm³/mol. The second-order valence-electron chi connectivity index (χ2n) is 3.62. The normalized spacial score (nSPS) is 12.7. The molecule has 1 nitrogen and oxygen atoms in total. The van der Waals surface area contributed by atoms with E-state index in [9.17, 15) is 0 Å². The van der Waals surface area contributed by atoms with Crippen molar-refractivity contribution >= 4 is 24.5 Å². The zero-order valence-corrected chi connectivity index (χ0v) is 12.2. The van der Waals surface area contributed by atoms with Crippen LogP contribution in [0.2, 0.25) is 4.47 Å². The second-order valence-corrected chi connectivity index (χ2v) is 6.86. The second kappa shape index (κ2) is 7.28. The summed E-state index contributed by atoms with van der Waals surface area (Å²) in [5.41, 5.74) is 1.40. The molecule has 0 aliphatic carbocycles. The third-order valence-electron chi connectivity index (χ3n) is 2.47. The van der Waals surface area contributed by atoms with Gasteiger partial charge in [-0.15, -0.1) is 0 Å². The molecule has 0 spiro atoms. The van der Waals surface area contributed by atoms with Gasteiger partial charge in [-0.2, -0.15) is 0 Å². The summed E-state index contributed by atoms with van der Waals surface area (Å²) in [6, 6.07) is 8.75. The third-order valence-corrected chi connectivity index (χ3v) is 5.82. The average Bonchev–Trinajstić information content (AvgIpc) is 2.29. The summed E-state index contributed by atoms with van der Waals surface area (Å²) >= 11 is -0.00269. The monoisotopic (exact) mass is 322 g/mol. The van der Waals surface area contributed by atoms with Gasteiger partial charge in [-0.25, -0.2) is 0 Å². The Labute approximate surface area is 103 Å². The van der Waals surface area contributed by atoms with Crippen molar-refractivity contribution in [3.63, 3.8) is 0 Å². The summed E-state index contributed by atoms with van der Waals surface area (Å²) in [6.45, 7) is 4.39. The fourth-order valence-corrected chi connectivity index (χ4v) is 4.91. The van der Waals surface area contributed by atoms with E-state index in [0.717, 1.165) is 0 Å². The number of ether oxygens (including phenoxy) is 1. The van der Waals surface area contributed by atoms with Gasteiger partial charge in [0, 0.05) is 0 Å². The van der Waals surface area contributed by atoms with Crippen molar-refractivity contribution in [1.29, 1.82) is 0 Å². The number of methoxy groups -OCH3 is 1. The standard InChI is InChI=1S/C13H20OTe/c1-4-5-10-15-13-9-7-6-8-12(13)11(2)14-3/h6-9,11H,4-5,10H2,1-3H3/t11-/m1/s1. The van der Waals surface area contributed by atoms with Crippen molar-refractivity contribution in [2.45, 2.75) is 37.3 Å². The van der Waals surface area contributed by atoms with Crippen molar-refractivity contribution in [3.8, 4) is 0 Å². The van der Waals surface area contributed by atoms with E-state index in [2.05, 4.69) is 38.1 Å². The van der Waals surface area contributed by atoms with Gasteiger partial charge in [0.05, 0.1) is 0 Å². The Balaban J connectivity index is 2.68. The Kier molecular flexibility index (Phi) is 6.32. The first-order chi connectivity index (χ1) is 7.29. The molecule has 0 amide bonds. The van der Waals surface area contributed by atoms with Crippen molar-refractivity contribution in [2.24, 2.45) is 0 Å². The summed E-state index contributed by atoms with van der Waals surface area (Å²) in [5.74, 6) is 0. The molecule has 1 aromatic rings. The number of benzene rings is 1. The number of rotatable bonds is 6. The molecule has 1 atom stereocenters. The van der Waals surface area contributed by atoms with Gasteiger partial charge in [0.1, 0.15) is 0 Å². The molecule has 0 aliphatic rings. The Bertz CT molecular complexity index is 286. The van der Waals surface area contributed by atoms with Gasteiger partial charge in [0.15, 0.2) is 0 Å². The van der Waals surface area contributed by atoms with Crippen LogP contribution in [0.3, 0.4) is 0 Å². The number of unbranched alkanes of at least 4 members (excludes halogenated alkanes) is 1. The molecule has 15 heavy (non-hydrogen) atoms. The van der Waals surface area contributed by atoms with Gasteiger partial charge < -0.3 is 0 Å². The van der Waals surface area contributed by atoms with Crippen molar-refractivity contribution in [2.75, 3.05) is 7.11 Å². The van der Waals surface area contributed by atoms with Gasteiger partial charge >= 0.3 is 103 Å². The van der Waals surface area contributed by atoms with Crippen LogP contribution in [-0.2, 0) is 4.74 Å². The minimum atomic E-state index is -0.00269. The van der Waals surface area contributed by atoms with Gasteiger partial charge in [-0.3, -0.25) is 0 Å². The molecular weight excluding hydrogens is 300 g/mol. The molecule has 0 radical (unpaired) electrons. The first kappa shape index (κ1) is 13.0.